The highest BCUT2D eigenvalue weighted by Gasteiger charge is 2.51. The number of hydrogen-bond donors (Lipinski definition) is 3. The average Bonchev–Trinajstić information content (AvgIpc) is 2.94. The van der Waals surface area contributed by atoms with E-state index in [2.05, 4.69) is 5.32 Å². The van der Waals surface area contributed by atoms with Gasteiger partial charge in [-0.2, -0.15) is 0 Å². The third-order valence-electron chi connectivity index (χ3n) is 4.63. The summed E-state index contributed by atoms with van der Waals surface area (Å²) in [6, 6.07) is 9.86. The van der Waals surface area contributed by atoms with Crippen molar-refractivity contribution in [1.29, 1.82) is 4.78 Å². The van der Waals surface area contributed by atoms with E-state index in [1.54, 1.807) is 12.1 Å². The van der Waals surface area contributed by atoms with E-state index >= 15 is 0 Å². The molecule has 0 bridgehead atoms. The van der Waals surface area contributed by atoms with Gasteiger partial charge in [0.1, 0.15) is 5.82 Å². The molecule has 1 saturated heterocycles. The lowest BCUT2D eigenvalue weighted by molar-refractivity contribution is -0.149. The van der Waals surface area contributed by atoms with E-state index < -0.39 is 33.0 Å². The van der Waals surface area contributed by atoms with Crippen LogP contribution in [0.25, 0.3) is 0 Å². The second-order valence-electron chi connectivity index (χ2n) is 6.87. The fourth-order valence-electron chi connectivity index (χ4n) is 3.10. The van der Waals surface area contributed by atoms with Crippen LogP contribution < -0.4 is 10.2 Å². The second-order valence-corrected chi connectivity index (χ2v) is 9.46. The van der Waals surface area contributed by atoms with Crippen molar-refractivity contribution in [1.82, 2.24) is 5.32 Å². The number of amides is 2. The Hall–Kier alpha value is -2.49. The molecule has 2 aromatic carbocycles. The van der Waals surface area contributed by atoms with E-state index in [0.29, 0.717) is 11.3 Å². The van der Waals surface area contributed by atoms with Crippen molar-refractivity contribution in [3.63, 3.8) is 0 Å². The van der Waals surface area contributed by atoms with E-state index in [9.17, 15) is 23.3 Å². The molecule has 7 nitrogen and oxygen atoms in total. The maximum Gasteiger partial charge on any atom is 0.268 e. The molecule has 0 aromatic heterocycles. The lowest BCUT2D eigenvalue weighted by Gasteiger charge is -2.22. The molecular formula is C19H19ClFN3O4S. The summed E-state index contributed by atoms with van der Waals surface area (Å²) in [4.78, 5) is 26.7. The van der Waals surface area contributed by atoms with E-state index in [1.807, 2.05) is 0 Å². The number of benzene rings is 2. The van der Waals surface area contributed by atoms with E-state index in [4.69, 9.17) is 16.4 Å². The molecule has 3 N–H and O–H groups in total. The molecule has 29 heavy (non-hydrogen) atoms. The minimum absolute atomic E-state index is 0.0703. The molecule has 154 valence electrons. The van der Waals surface area contributed by atoms with Crippen LogP contribution in [-0.4, -0.2) is 39.5 Å². The Morgan fingerprint density at radius 2 is 2.10 bits per heavy atom. The molecule has 0 unspecified atom stereocenters. The lowest BCUT2D eigenvalue weighted by atomic mass is 10.0. The van der Waals surface area contributed by atoms with Crippen LogP contribution in [0.3, 0.4) is 0 Å². The molecular weight excluding hydrogens is 421 g/mol. The fraction of sp³-hybridized carbons (Fsp3) is 0.263. The fourth-order valence-corrected chi connectivity index (χ4v) is 4.03. The molecule has 0 radical (unpaired) electrons. The molecule has 0 spiro atoms. The number of rotatable bonds is 5. The summed E-state index contributed by atoms with van der Waals surface area (Å²) in [5.41, 5.74) is -1.55. The van der Waals surface area contributed by atoms with Crippen LogP contribution in [0, 0.1) is 10.6 Å². The summed E-state index contributed by atoms with van der Waals surface area (Å²) in [5.74, 6) is -2.29. The topological polar surface area (TPSA) is 111 Å². The number of halogens is 2. The first-order valence-corrected chi connectivity index (χ1v) is 11.0. The van der Waals surface area contributed by atoms with Gasteiger partial charge in [-0.1, -0.05) is 17.7 Å². The Kier molecular flexibility index (Phi) is 5.66. The largest absolute Gasteiger partial charge is 0.372 e. The van der Waals surface area contributed by atoms with Crippen LogP contribution in [-0.2, 0) is 25.9 Å². The van der Waals surface area contributed by atoms with Crippen molar-refractivity contribution < 1.29 is 23.3 Å². The van der Waals surface area contributed by atoms with Gasteiger partial charge in [-0.05, 0) is 42.0 Å². The van der Waals surface area contributed by atoms with Gasteiger partial charge in [0.05, 0.1) is 9.73 Å². The lowest BCUT2D eigenvalue weighted by Crippen LogP contribution is -2.52. The van der Waals surface area contributed by atoms with Crippen molar-refractivity contribution in [3.8, 4) is 0 Å². The molecule has 1 aliphatic heterocycles. The summed E-state index contributed by atoms with van der Waals surface area (Å²) in [6.07, 6.45) is 1.12. The van der Waals surface area contributed by atoms with Gasteiger partial charge >= 0.3 is 0 Å². The third kappa shape index (κ3) is 4.42. The molecule has 3 rings (SSSR count). The van der Waals surface area contributed by atoms with Crippen molar-refractivity contribution in [3.05, 3.63) is 58.9 Å². The number of hydrogen-bond acceptors (Lipinski definition) is 5. The molecule has 1 fully saturated rings. The zero-order valence-electron chi connectivity index (χ0n) is 15.4. The first-order chi connectivity index (χ1) is 13.5. The molecule has 10 heteroatoms. The number of carbonyl (C=O) groups is 2. The van der Waals surface area contributed by atoms with Gasteiger partial charge in [0.15, 0.2) is 0 Å². The molecule has 1 aliphatic rings. The molecule has 2 amide bonds. The minimum Gasteiger partial charge on any atom is -0.372 e. The van der Waals surface area contributed by atoms with Gasteiger partial charge in [0.25, 0.3) is 11.8 Å². The molecule has 1 heterocycles. The summed E-state index contributed by atoms with van der Waals surface area (Å²) >= 11 is 5.78. The Labute approximate surface area is 172 Å². The Morgan fingerprint density at radius 1 is 1.38 bits per heavy atom. The molecule has 0 aliphatic carbocycles. The second kappa shape index (κ2) is 7.74. The van der Waals surface area contributed by atoms with E-state index in [-0.39, 0.29) is 29.4 Å². The van der Waals surface area contributed by atoms with Crippen molar-refractivity contribution in [2.24, 2.45) is 0 Å². The number of nitrogens with zero attached hydrogens (tertiary/aromatic N) is 1. The zero-order chi connectivity index (χ0) is 21.4. The van der Waals surface area contributed by atoms with Crippen molar-refractivity contribution >= 4 is 38.8 Å². The van der Waals surface area contributed by atoms with Crippen LogP contribution in [0.1, 0.15) is 12.0 Å². The summed E-state index contributed by atoms with van der Waals surface area (Å²) in [6.45, 7) is -0.0426. The van der Waals surface area contributed by atoms with E-state index in [0.717, 1.165) is 6.07 Å². The monoisotopic (exact) mass is 439 g/mol. The van der Waals surface area contributed by atoms with Gasteiger partial charge in [0.2, 0.25) is 5.60 Å². The molecule has 2 aromatic rings. The van der Waals surface area contributed by atoms with Gasteiger partial charge in [0, 0.05) is 41.4 Å². The molecule has 2 atom stereocenters. The summed E-state index contributed by atoms with van der Waals surface area (Å²) in [5, 5.41) is 13.3. The number of nitrogens with one attached hydrogen (secondary N) is 2. The van der Waals surface area contributed by atoms with Gasteiger partial charge in [-0.15, -0.1) is 0 Å². The Bertz CT molecular complexity index is 1070. The summed E-state index contributed by atoms with van der Waals surface area (Å²) < 4.78 is 33.0. The maximum absolute atomic E-state index is 13.4. The Morgan fingerprint density at radius 3 is 2.76 bits per heavy atom. The van der Waals surface area contributed by atoms with Crippen LogP contribution in [0.15, 0.2) is 47.4 Å². The van der Waals surface area contributed by atoms with Gasteiger partial charge in [-0.3, -0.25) is 9.59 Å². The molecule has 0 saturated carbocycles. The SMILES string of the molecule is C[S@@](=N)(=O)c1cccc(N2CC[C@](O)(C(=O)NCc3cc(F)cc(Cl)c3)C2=O)c1. The van der Waals surface area contributed by atoms with Gasteiger partial charge < -0.3 is 15.3 Å². The van der Waals surface area contributed by atoms with Crippen LogP contribution in [0.2, 0.25) is 5.02 Å². The highest BCUT2D eigenvalue weighted by atomic mass is 35.5. The van der Waals surface area contributed by atoms with E-state index in [1.165, 1.54) is 35.4 Å². The quantitative estimate of drug-likeness (QED) is 0.621. The van der Waals surface area contributed by atoms with Crippen LogP contribution >= 0.6 is 11.6 Å². The average molecular weight is 440 g/mol. The van der Waals surface area contributed by atoms with Gasteiger partial charge in [-0.25, -0.2) is 13.4 Å². The maximum atomic E-state index is 13.4. The van der Waals surface area contributed by atoms with Crippen LogP contribution in [0.4, 0.5) is 10.1 Å². The Balaban J connectivity index is 1.76. The predicted molar refractivity (Wildman–Crippen MR) is 107 cm³/mol. The predicted octanol–water partition coefficient (Wildman–Crippen LogP) is 2.30. The highest BCUT2D eigenvalue weighted by Crippen LogP contribution is 2.30. The first-order valence-electron chi connectivity index (χ1n) is 8.62. The standard InChI is InChI=1S/C19H19ClFN3O4S/c1-29(22,28)16-4-2-3-15(10-16)24-6-5-19(27,18(24)26)17(25)23-11-12-7-13(20)9-14(21)8-12/h2-4,7-10,22,27H,5-6,11H2,1H3,(H,23,25)/t19-,29+/m0/s1. The number of aliphatic hydroxyl groups is 1. The van der Waals surface area contributed by atoms with Crippen molar-refractivity contribution in [2.45, 2.75) is 23.5 Å². The number of anilines is 1. The summed E-state index contributed by atoms with van der Waals surface area (Å²) in [7, 11) is -2.98. The third-order valence-corrected chi connectivity index (χ3v) is 6.00. The minimum atomic E-state index is -2.98. The van der Waals surface area contributed by atoms with Crippen molar-refractivity contribution in [2.75, 3.05) is 17.7 Å². The number of carbonyl (C=O) groups excluding carboxylic acids is 2. The van der Waals surface area contributed by atoms with Crippen LogP contribution in [0.5, 0.6) is 0 Å². The smallest absolute Gasteiger partial charge is 0.268 e. The normalized spacial score (nSPS) is 21.1. The first kappa shape index (κ1) is 21.2. The zero-order valence-corrected chi connectivity index (χ0v) is 17.0. The highest BCUT2D eigenvalue weighted by molar-refractivity contribution is 7.91.